The summed E-state index contributed by atoms with van der Waals surface area (Å²) in [5.41, 5.74) is -1.54. The first-order valence-corrected chi connectivity index (χ1v) is 17.8. The average molecular weight is 771 g/mol. The highest BCUT2D eigenvalue weighted by Gasteiger charge is 2.22. The van der Waals surface area contributed by atoms with Gasteiger partial charge in [-0.1, -0.05) is 24.3 Å². The fourth-order valence-corrected chi connectivity index (χ4v) is 6.63. The molecule has 54 heavy (non-hydrogen) atoms. The van der Waals surface area contributed by atoms with Gasteiger partial charge in [-0.3, -0.25) is 19.1 Å². The van der Waals surface area contributed by atoms with Gasteiger partial charge in [0.2, 0.25) is 0 Å². The van der Waals surface area contributed by atoms with E-state index in [2.05, 4.69) is 30.4 Å². The lowest BCUT2D eigenvalue weighted by Crippen LogP contribution is -2.00. The van der Waals surface area contributed by atoms with Gasteiger partial charge < -0.3 is 20.4 Å². The zero-order valence-corrected chi connectivity index (χ0v) is 28.5. The second-order valence-electron chi connectivity index (χ2n) is 11.1. The van der Waals surface area contributed by atoms with Crippen LogP contribution in [-0.4, -0.2) is 68.3 Å². The standard InChI is InChI=1S/C34H22N6O12S2/c41-31-25(15-27(53(47,48)49)21-3-1-11-35-29(21)31)39-37-19-9-7-17(23(13-19)33(43)44)5-6-18-8-10-20(14-24(18)34(45)46)38-40-26-16-28(54(50,51)52)22-4-2-12-36-30(22)32(26)42/h1-16,41-42H,(H,43,44)(H,45,46)(H,47,48,49)(H,50,51,52)/b6-5+,39-37?,40-38?. The highest BCUT2D eigenvalue weighted by Crippen LogP contribution is 2.40. The third-order valence-electron chi connectivity index (χ3n) is 7.70. The number of nitrogens with zero attached hydrogens (tertiary/aromatic N) is 6. The van der Waals surface area contributed by atoms with Gasteiger partial charge in [0.05, 0.1) is 22.5 Å². The molecule has 0 radical (unpaired) electrons. The van der Waals surface area contributed by atoms with Crippen LogP contribution in [0.4, 0.5) is 22.7 Å². The number of phenolic OH excluding ortho intramolecular Hbond substituents is 2. The number of rotatable bonds is 10. The van der Waals surface area contributed by atoms with Gasteiger partial charge >= 0.3 is 11.9 Å². The third kappa shape index (κ3) is 7.47. The normalized spacial score (nSPS) is 12.4. The van der Waals surface area contributed by atoms with E-state index < -0.39 is 53.5 Å². The number of hydrogen-bond donors (Lipinski definition) is 6. The molecule has 0 fully saturated rings. The number of phenols is 2. The zero-order valence-electron chi connectivity index (χ0n) is 26.9. The Bertz CT molecular complexity index is 2680. The van der Waals surface area contributed by atoms with Crippen LogP contribution in [0, 0.1) is 0 Å². The summed E-state index contributed by atoms with van der Waals surface area (Å²) in [6.07, 6.45) is 5.21. The maximum Gasteiger partial charge on any atom is 0.336 e. The van der Waals surface area contributed by atoms with Crippen molar-refractivity contribution < 1.29 is 56.0 Å². The molecule has 0 amide bonds. The van der Waals surface area contributed by atoms with Crippen molar-refractivity contribution in [2.75, 3.05) is 0 Å². The van der Waals surface area contributed by atoms with E-state index in [1.54, 1.807) is 0 Å². The highest BCUT2D eigenvalue weighted by molar-refractivity contribution is 7.86. The molecule has 0 unspecified atom stereocenters. The number of carboxylic acids is 2. The lowest BCUT2D eigenvalue weighted by atomic mass is 10.0. The van der Waals surface area contributed by atoms with E-state index in [9.17, 15) is 56.0 Å². The Labute approximate surface area is 303 Å². The topological polar surface area (TPSA) is 299 Å². The number of hydrogen-bond acceptors (Lipinski definition) is 14. The van der Waals surface area contributed by atoms with Crippen LogP contribution < -0.4 is 0 Å². The van der Waals surface area contributed by atoms with Crippen LogP contribution in [0.2, 0.25) is 0 Å². The van der Waals surface area contributed by atoms with Gasteiger partial charge in [-0.2, -0.15) is 27.1 Å². The summed E-state index contributed by atoms with van der Waals surface area (Å²) in [5.74, 6) is -3.87. The fourth-order valence-electron chi connectivity index (χ4n) is 5.22. The van der Waals surface area contributed by atoms with Crippen molar-refractivity contribution in [1.82, 2.24) is 9.97 Å². The predicted octanol–water partition coefficient (Wildman–Crippen LogP) is 7.09. The Balaban J connectivity index is 1.30. The van der Waals surface area contributed by atoms with E-state index in [4.69, 9.17) is 0 Å². The van der Waals surface area contributed by atoms with Crippen LogP contribution in [0.1, 0.15) is 31.8 Å². The van der Waals surface area contributed by atoms with E-state index in [1.807, 2.05) is 0 Å². The number of carboxylic acid groups (broad SMARTS) is 2. The molecule has 0 aliphatic carbocycles. The van der Waals surface area contributed by atoms with Crippen molar-refractivity contribution >= 4 is 88.9 Å². The lowest BCUT2D eigenvalue weighted by Gasteiger charge is -2.08. The Kier molecular flexibility index (Phi) is 9.67. The van der Waals surface area contributed by atoms with Gasteiger partial charge in [0.1, 0.15) is 32.2 Å². The summed E-state index contributed by atoms with van der Waals surface area (Å²) in [5, 5.41) is 56.4. The first-order valence-electron chi connectivity index (χ1n) is 15.0. The number of pyridine rings is 2. The average Bonchev–Trinajstić information content (AvgIpc) is 3.12. The Hall–Kier alpha value is -7.00. The second-order valence-corrected chi connectivity index (χ2v) is 13.9. The van der Waals surface area contributed by atoms with E-state index >= 15 is 0 Å². The number of aromatic hydroxyl groups is 2. The van der Waals surface area contributed by atoms with Crippen molar-refractivity contribution in [1.29, 1.82) is 0 Å². The molecule has 0 spiro atoms. The Morgan fingerprint density at radius 2 is 0.963 bits per heavy atom. The van der Waals surface area contributed by atoms with Crippen molar-refractivity contribution in [2.24, 2.45) is 20.5 Å². The van der Waals surface area contributed by atoms with E-state index in [-0.39, 0.29) is 66.8 Å². The quantitative estimate of drug-likeness (QED) is 0.0460. The number of aromatic carboxylic acids is 2. The molecule has 2 aromatic heterocycles. The molecule has 0 bridgehead atoms. The molecule has 20 heteroatoms. The number of benzene rings is 4. The first-order chi connectivity index (χ1) is 25.5. The molecular weight excluding hydrogens is 749 g/mol. The molecule has 4 aromatic carbocycles. The summed E-state index contributed by atoms with van der Waals surface area (Å²) >= 11 is 0. The van der Waals surface area contributed by atoms with E-state index in [0.29, 0.717) is 0 Å². The minimum absolute atomic E-state index is 0.0312. The van der Waals surface area contributed by atoms with Gasteiger partial charge in [-0.05, 0) is 71.8 Å². The molecule has 6 rings (SSSR count). The molecule has 0 saturated carbocycles. The van der Waals surface area contributed by atoms with Gasteiger partial charge in [-0.25, -0.2) is 9.59 Å². The molecular formula is C34H22N6O12S2. The maximum absolute atomic E-state index is 12.2. The van der Waals surface area contributed by atoms with Gasteiger partial charge in [-0.15, -0.1) is 10.2 Å². The fraction of sp³-hybridized carbons (Fsp3) is 0. The number of carbonyl (C=O) groups is 2. The van der Waals surface area contributed by atoms with Crippen molar-refractivity contribution in [3.8, 4) is 11.5 Å². The van der Waals surface area contributed by atoms with E-state index in [1.165, 1.54) is 73.1 Å². The summed E-state index contributed by atoms with van der Waals surface area (Å²) in [6, 6.07) is 14.8. The second kappa shape index (κ2) is 14.2. The van der Waals surface area contributed by atoms with Gasteiger partial charge in [0.25, 0.3) is 20.2 Å². The third-order valence-corrected chi connectivity index (χ3v) is 9.48. The molecule has 0 atom stereocenters. The van der Waals surface area contributed by atoms with Crippen molar-refractivity contribution in [3.63, 3.8) is 0 Å². The molecule has 6 N–H and O–H groups in total. The van der Waals surface area contributed by atoms with Crippen LogP contribution in [0.25, 0.3) is 34.0 Å². The van der Waals surface area contributed by atoms with Crippen LogP contribution in [-0.2, 0) is 20.2 Å². The van der Waals surface area contributed by atoms with Crippen LogP contribution in [0.3, 0.4) is 0 Å². The molecule has 2 heterocycles. The zero-order chi connectivity index (χ0) is 38.9. The minimum atomic E-state index is -4.77. The minimum Gasteiger partial charge on any atom is -0.504 e. The van der Waals surface area contributed by atoms with Crippen LogP contribution >= 0.6 is 0 Å². The van der Waals surface area contributed by atoms with Crippen LogP contribution in [0.15, 0.2) is 115 Å². The summed E-state index contributed by atoms with van der Waals surface area (Å²) in [4.78, 5) is 31.0. The Morgan fingerprint density at radius 1 is 0.574 bits per heavy atom. The number of aromatic nitrogens is 2. The van der Waals surface area contributed by atoms with Gasteiger partial charge in [0, 0.05) is 23.2 Å². The highest BCUT2D eigenvalue weighted by atomic mass is 32.2. The monoisotopic (exact) mass is 770 g/mol. The van der Waals surface area contributed by atoms with Gasteiger partial charge in [0.15, 0.2) is 11.5 Å². The summed E-state index contributed by atoms with van der Waals surface area (Å²) in [7, 11) is -9.53. The molecule has 0 aliphatic rings. The molecule has 6 aromatic rings. The molecule has 0 saturated heterocycles. The number of fused-ring (bicyclic) bond motifs is 2. The SMILES string of the molecule is O=C(O)c1cc(N=Nc2cc(S(=O)(=O)O)c3cccnc3c2O)ccc1/C=C/c1ccc(N=Nc2cc(S(=O)(=O)O)c3cccnc3c2O)cc1C(=O)O. The van der Waals surface area contributed by atoms with Crippen molar-refractivity contribution in [2.45, 2.75) is 9.79 Å². The summed E-state index contributed by atoms with van der Waals surface area (Å²) < 4.78 is 67.3. The number of azo groups is 2. The molecule has 18 nitrogen and oxygen atoms in total. The van der Waals surface area contributed by atoms with E-state index in [0.717, 1.165) is 24.3 Å². The predicted molar refractivity (Wildman–Crippen MR) is 191 cm³/mol. The smallest absolute Gasteiger partial charge is 0.336 e. The largest absolute Gasteiger partial charge is 0.504 e. The van der Waals surface area contributed by atoms with Crippen LogP contribution in [0.5, 0.6) is 11.5 Å². The summed E-state index contributed by atoms with van der Waals surface area (Å²) in [6.45, 7) is 0. The molecule has 0 aliphatic heterocycles. The lowest BCUT2D eigenvalue weighted by molar-refractivity contribution is 0.0685. The maximum atomic E-state index is 12.2. The first kappa shape index (κ1) is 36.8. The molecule has 272 valence electrons. The van der Waals surface area contributed by atoms with Crippen molar-refractivity contribution in [3.05, 3.63) is 107 Å². The Morgan fingerprint density at radius 3 is 1.31 bits per heavy atom.